The normalized spacial score (nSPS) is 17.6. The Morgan fingerprint density at radius 1 is 1.14 bits per heavy atom. The Labute approximate surface area is 163 Å². The molecule has 0 bridgehead atoms. The van der Waals surface area contributed by atoms with E-state index in [1.165, 1.54) is 4.68 Å². The number of hydrogen-bond acceptors (Lipinski definition) is 5. The zero-order valence-corrected chi connectivity index (χ0v) is 16.3. The van der Waals surface area contributed by atoms with E-state index in [0.29, 0.717) is 30.6 Å². The molecule has 2 fully saturated rings. The maximum Gasteiger partial charge on any atom is 0.345 e. The van der Waals surface area contributed by atoms with Gasteiger partial charge in [0.25, 0.3) is 5.91 Å². The average Bonchev–Trinajstić information content (AvgIpc) is 3.52. The highest BCUT2D eigenvalue weighted by atomic mass is 16.5. The smallest absolute Gasteiger partial charge is 0.345 e. The first-order valence-electron chi connectivity index (χ1n) is 9.77. The molecule has 0 unspecified atom stereocenters. The summed E-state index contributed by atoms with van der Waals surface area (Å²) in [5, 5.41) is 4.49. The Balaban J connectivity index is 1.35. The van der Waals surface area contributed by atoms with Gasteiger partial charge in [0.2, 0.25) is 0 Å². The topological polar surface area (TPSA) is 78.6 Å². The lowest BCUT2D eigenvalue weighted by Crippen LogP contribution is -2.41. The summed E-state index contributed by atoms with van der Waals surface area (Å²) in [6.45, 7) is 1.28. The molecule has 28 heavy (non-hydrogen) atoms. The number of para-hydroxylation sites is 2. The van der Waals surface area contributed by atoms with Crippen LogP contribution in [0.15, 0.2) is 29.1 Å². The molecular weight excluding hydrogens is 360 g/mol. The van der Waals surface area contributed by atoms with Gasteiger partial charge in [-0.05, 0) is 37.8 Å². The number of carbonyl (C=O) groups excluding carboxylic acids is 1. The fourth-order valence-electron chi connectivity index (χ4n) is 3.81. The van der Waals surface area contributed by atoms with Crippen LogP contribution in [0.1, 0.15) is 43.5 Å². The van der Waals surface area contributed by atoms with Crippen LogP contribution in [0.3, 0.4) is 0 Å². The molecule has 0 N–H and O–H groups in total. The third-order valence-electron chi connectivity index (χ3n) is 5.53. The Kier molecular flexibility index (Phi) is 5.11. The van der Waals surface area contributed by atoms with E-state index in [1.807, 2.05) is 21.6 Å². The van der Waals surface area contributed by atoms with E-state index < -0.39 is 0 Å². The van der Waals surface area contributed by atoms with Gasteiger partial charge in [-0.2, -0.15) is 5.10 Å². The molecule has 1 saturated carbocycles. The number of amides is 1. The van der Waals surface area contributed by atoms with E-state index in [9.17, 15) is 9.59 Å². The number of methoxy groups -OCH3 is 1. The van der Waals surface area contributed by atoms with Crippen LogP contribution in [0, 0.1) is 0 Å². The second-order valence-electron chi connectivity index (χ2n) is 7.46. The predicted octanol–water partition coefficient (Wildman–Crippen LogP) is 1.71. The van der Waals surface area contributed by atoms with Crippen molar-refractivity contribution in [2.75, 3.05) is 26.8 Å². The van der Waals surface area contributed by atoms with Gasteiger partial charge < -0.3 is 14.4 Å². The fraction of sp³-hybridized carbons (Fsp3) is 0.550. The second kappa shape index (κ2) is 7.69. The molecule has 1 aliphatic heterocycles. The summed E-state index contributed by atoms with van der Waals surface area (Å²) in [6.07, 6.45) is 3.72. The SMILES string of the molecule is COc1ccccc1OCC(=O)N1CCC(c2nn(C)c(=O)n2C2CC2)CC1. The van der Waals surface area contributed by atoms with E-state index in [4.69, 9.17) is 9.47 Å². The van der Waals surface area contributed by atoms with Gasteiger partial charge in [-0.1, -0.05) is 12.1 Å². The first-order chi connectivity index (χ1) is 13.6. The lowest BCUT2D eigenvalue weighted by atomic mass is 9.96. The quantitative estimate of drug-likeness (QED) is 0.755. The molecule has 1 saturated heterocycles. The minimum Gasteiger partial charge on any atom is -0.493 e. The Hall–Kier alpha value is -2.77. The number of aryl methyl sites for hydroxylation is 1. The molecule has 0 radical (unpaired) electrons. The van der Waals surface area contributed by atoms with Gasteiger partial charge in [0.05, 0.1) is 7.11 Å². The van der Waals surface area contributed by atoms with Crippen molar-refractivity contribution < 1.29 is 14.3 Å². The van der Waals surface area contributed by atoms with Crippen molar-refractivity contribution in [2.45, 2.75) is 37.6 Å². The van der Waals surface area contributed by atoms with Crippen LogP contribution in [0.5, 0.6) is 11.5 Å². The van der Waals surface area contributed by atoms with Crippen molar-refractivity contribution in [3.63, 3.8) is 0 Å². The van der Waals surface area contributed by atoms with Gasteiger partial charge in [0, 0.05) is 32.1 Å². The first kappa shape index (κ1) is 18.6. The van der Waals surface area contributed by atoms with Crippen LogP contribution < -0.4 is 15.2 Å². The standard InChI is InChI=1S/C20H26N4O4/c1-22-20(26)24(15-7-8-15)19(21-22)14-9-11-23(12-10-14)18(25)13-28-17-6-4-3-5-16(17)27-2/h3-6,14-15H,7-13H2,1-2H3. The Morgan fingerprint density at radius 3 is 2.46 bits per heavy atom. The minimum atomic E-state index is -0.0371. The van der Waals surface area contributed by atoms with Crippen molar-refractivity contribution in [3.8, 4) is 11.5 Å². The summed E-state index contributed by atoms with van der Waals surface area (Å²) >= 11 is 0. The lowest BCUT2D eigenvalue weighted by Gasteiger charge is -2.31. The number of benzene rings is 1. The Bertz CT molecular complexity index is 907. The molecule has 0 spiro atoms. The van der Waals surface area contributed by atoms with E-state index >= 15 is 0 Å². The van der Waals surface area contributed by atoms with Gasteiger partial charge >= 0.3 is 5.69 Å². The fourth-order valence-corrected chi connectivity index (χ4v) is 3.81. The third kappa shape index (κ3) is 3.63. The summed E-state index contributed by atoms with van der Waals surface area (Å²) in [6, 6.07) is 7.61. The van der Waals surface area contributed by atoms with Crippen molar-refractivity contribution in [1.82, 2.24) is 19.2 Å². The van der Waals surface area contributed by atoms with Gasteiger partial charge in [0.1, 0.15) is 5.82 Å². The van der Waals surface area contributed by atoms with Gasteiger partial charge in [0.15, 0.2) is 18.1 Å². The highest BCUT2D eigenvalue weighted by molar-refractivity contribution is 5.78. The third-order valence-corrected chi connectivity index (χ3v) is 5.53. The molecule has 2 aliphatic rings. The average molecular weight is 386 g/mol. The summed E-state index contributed by atoms with van der Waals surface area (Å²) < 4.78 is 14.2. The molecule has 8 heteroatoms. The van der Waals surface area contributed by atoms with E-state index in [1.54, 1.807) is 26.3 Å². The van der Waals surface area contributed by atoms with Crippen LogP contribution in [0.2, 0.25) is 0 Å². The number of hydrogen-bond donors (Lipinski definition) is 0. The van der Waals surface area contributed by atoms with E-state index in [0.717, 1.165) is 31.5 Å². The first-order valence-corrected chi connectivity index (χ1v) is 9.77. The number of nitrogens with zero attached hydrogens (tertiary/aromatic N) is 4. The minimum absolute atomic E-state index is 0.0125. The molecule has 1 aliphatic carbocycles. The zero-order chi connectivity index (χ0) is 19.7. The van der Waals surface area contributed by atoms with Crippen LogP contribution in [-0.2, 0) is 11.8 Å². The van der Waals surface area contributed by atoms with Crippen molar-refractivity contribution in [3.05, 3.63) is 40.6 Å². The highest BCUT2D eigenvalue weighted by Crippen LogP contribution is 2.37. The molecule has 2 aromatic rings. The number of rotatable bonds is 6. The molecule has 150 valence electrons. The van der Waals surface area contributed by atoms with Crippen molar-refractivity contribution in [1.29, 1.82) is 0 Å². The largest absolute Gasteiger partial charge is 0.493 e. The van der Waals surface area contributed by atoms with Crippen LogP contribution in [0.25, 0.3) is 0 Å². The number of carbonyl (C=O) groups is 1. The van der Waals surface area contributed by atoms with Crippen LogP contribution >= 0.6 is 0 Å². The molecule has 1 amide bonds. The molecule has 1 aromatic heterocycles. The summed E-state index contributed by atoms with van der Waals surface area (Å²) in [5.41, 5.74) is -0.0267. The molecule has 2 heterocycles. The second-order valence-corrected chi connectivity index (χ2v) is 7.46. The molecule has 1 aromatic carbocycles. The number of ether oxygens (including phenoxy) is 2. The number of piperidine rings is 1. The van der Waals surface area contributed by atoms with E-state index in [-0.39, 0.29) is 24.1 Å². The summed E-state index contributed by atoms with van der Waals surface area (Å²) in [5.74, 6) is 2.24. The lowest BCUT2D eigenvalue weighted by molar-refractivity contribution is -0.134. The summed E-state index contributed by atoms with van der Waals surface area (Å²) in [4.78, 5) is 26.7. The monoisotopic (exact) mass is 386 g/mol. The van der Waals surface area contributed by atoms with Gasteiger partial charge in [-0.3, -0.25) is 9.36 Å². The Morgan fingerprint density at radius 2 is 1.82 bits per heavy atom. The predicted molar refractivity (Wildman–Crippen MR) is 103 cm³/mol. The highest BCUT2D eigenvalue weighted by Gasteiger charge is 2.34. The number of aromatic nitrogens is 3. The molecule has 4 rings (SSSR count). The van der Waals surface area contributed by atoms with Crippen molar-refractivity contribution in [2.24, 2.45) is 7.05 Å². The van der Waals surface area contributed by atoms with Crippen LogP contribution in [0.4, 0.5) is 0 Å². The maximum atomic E-state index is 12.5. The van der Waals surface area contributed by atoms with Crippen molar-refractivity contribution >= 4 is 5.91 Å². The zero-order valence-electron chi connectivity index (χ0n) is 16.3. The molecule has 0 atom stereocenters. The maximum absolute atomic E-state index is 12.5. The van der Waals surface area contributed by atoms with Gasteiger partial charge in [-0.25, -0.2) is 9.48 Å². The number of likely N-dealkylation sites (tertiary alicyclic amines) is 1. The molecular formula is C20H26N4O4. The summed E-state index contributed by atoms with van der Waals surface area (Å²) in [7, 11) is 3.28. The van der Waals surface area contributed by atoms with Crippen LogP contribution in [-0.4, -0.2) is 52.0 Å². The molecule has 8 nitrogen and oxygen atoms in total. The van der Waals surface area contributed by atoms with E-state index in [2.05, 4.69) is 5.10 Å². The van der Waals surface area contributed by atoms with Gasteiger partial charge in [-0.15, -0.1) is 0 Å².